The van der Waals surface area contributed by atoms with E-state index in [-0.39, 0.29) is 37.9 Å². The van der Waals surface area contributed by atoms with E-state index in [4.69, 9.17) is 16.7 Å². The van der Waals surface area contributed by atoms with E-state index in [1.807, 2.05) is 0 Å². The number of carbonyl (C=O) groups is 2. The van der Waals surface area contributed by atoms with Crippen molar-refractivity contribution in [3.05, 3.63) is 34.6 Å². The molecule has 0 bridgehead atoms. The Morgan fingerprint density at radius 2 is 2.29 bits per heavy atom. The highest BCUT2D eigenvalue weighted by Gasteiger charge is 2.33. The molecule has 0 unspecified atom stereocenters. The van der Waals surface area contributed by atoms with Crippen molar-refractivity contribution in [3.8, 4) is 0 Å². The Bertz CT molecular complexity index is 594. The number of halogens is 2. The van der Waals surface area contributed by atoms with Crippen LogP contribution in [0.15, 0.2) is 18.2 Å². The molecule has 24 heavy (non-hydrogen) atoms. The second kappa shape index (κ2) is 8.41. The van der Waals surface area contributed by atoms with Gasteiger partial charge < -0.3 is 15.3 Å². The molecule has 2 N–H and O–H groups in total. The van der Waals surface area contributed by atoms with Gasteiger partial charge in [0.15, 0.2) is 0 Å². The van der Waals surface area contributed by atoms with Crippen molar-refractivity contribution < 1.29 is 19.1 Å². The fraction of sp³-hybridized carbons (Fsp3) is 0.500. The Balaban J connectivity index is 2.14. The van der Waals surface area contributed by atoms with Gasteiger partial charge >= 0.3 is 0 Å². The number of aliphatic hydroxyl groups is 1. The summed E-state index contributed by atoms with van der Waals surface area (Å²) in [5.74, 6) is -0.953. The lowest BCUT2D eigenvalue weighted by Crippen LogP contribution is -2.56. The molecule has 1 aliphatic heterocycles. The summed E-state index contributed by atoms with van der Waals surface area (Å²) in [6.07, 6.45) is -0.0333. The monoisotopic (exact) mass is 357 g/mol. The molecule has 1 saturated heterocycles. The van der Waals surface area contributed by atoms with Gasteiger partial charge in [-0.2, -0.15) is 0 Å². The molecule has 0 saturated carbocycles. The van der Waals surface area contributed by atoms with Crippen LogP contribution in [0.25, 0.3) is 0 Å². The maximum atomic E-state index is 14.0. The second-order valence-electron chi connectivity index (χ2n) is 5.72. The molecule has 2 rings (SSSR count). The van der Waals surface area contributed by atoms with Gasteiger partial charge in [0.2, 0.25) is 11.8 Å². The summed E-state index contributed by atoms with van der Waals surface area (Å²) < 4.78 is 14.0. The first-order valence-electron chi connectivity index (χ1n) is 7.73. The van der Waals surface area contributed by atoms with Crippen LogP contribution in [-0.4, -0.2) is 66.1 Å². The first-order valence-corrected chi connectivity index (χ1v) is 8.11. The number of aliphatic hydroxyl groups excluding tert-OH is 1. The molecule has 1 aromatic carbocycles. The molecule has 2 amide bonds. The van der Waals surface area contributed by atoms with Gasteiger partial charge in [0.1, 0.15) is 5.82 Å². The van der Waals surface area contributed by atoms with Crippen LogP contribution < -0.4 is 5.32 Å². The van der Waals surface area contributed by atoms with Gasteiger partial charge in [0.25, 0.3) is 0 Å². The Kier molecular flexibility index (Phi) is 6.53. The zero-order valence-electron chi connectivity index (χ0n) is 13.5. The number of likely N-dealkylation sites (N-methyl/N-ethyl adjacent to an activating group) is 1. The van der Waals surface area contributed by atoms with E-state index in [1.165, 1.54) is 17.0 Å². The molecular formula is C16H21ClFN3O3. The van der Waals surface area contributed by atoms with E-state index >= 15 is 0 Å². The average molecular weight is 358 g/mol. The van der Waals surface area contributed by atoms with E-state index in [0.29, 0.717) is 23.7 Å². The molecule has 0 aromatic heterocycles. The first kappa shape index (κ1) is 18.6. The number of piperazine rings is 1. The highest BCUT2D eigenvalue weighted by atomic mass is 35.5. The molecule has 0 radical (unpaired) electrons. The normalized spacial score (nSPS) is 18.3. The summed E-state index contributed by atoms with van der Waals surface area (Å²) in [6.45, 7) is 1.14. The largest absolute Gasteiger partial charge is 0.395 e. The third-order valence-electron chi connectivity index (χ3n) is 4.09. The third-order valence-corrected chi connectivity index (χ3v) is 4.45. The highest BCUT2D eigenvalue weighted by Crippen LogP contribution is 2.23. The Morgan fingerprint density at radius 1 is 1.54 bits per heavy atom. The maximum absolute atomic E-state index is 14.0. The summed E-state index contributed by atoms with van der Waals surface area (Å²) in [5.41, 5.74) is 0.315. The Hall–Kier alpha value is -1.70. The van der Waals surface area contributed by atoms with Gasteiger partial charge in [-0.05, 0) is 12.1 Å². The van der Waals surface area contributed by atoms with Crippen molar-refractivity contribution in [3.63, 3.8) is 0 Å². The molecule has 1 fully saturated rings. The van der Waals surface area contributed by atoms with E-state index < -0.39 is 11.9 Å². The molecule has 8 heteroatoms. The lowest BCUT2D eigenvalue weighted by atomic mass is 10.1. The number of nitrogens with zero attached hydrogens (tertiary/aromatic N) is 2. The SMILES string of the molecule is CN(CCO)C(=O)C[C@H]1C(=O)NCCN1Cc1c(F)cccc1Cl. The van der Waals surface area contributed by atoms with Crippen LogP contribution in [0.4, 0.5) is 4.39 Å². The number of carbonyl (C=O) groups excluding carboxylic acids is 2. The van der Waals surface area contributed by atoms with Crippen LogP contribution in [0, 0.1) is 5.82 Å². The number of hydrogen-bond acceptors (Lipinski definition) is 4. The standard InChI is InChI=1S/C16H21ClFN3O3/c1-20(7-8-22)15(23)9-14-16(24)19-5-6-21(14)10-11-12(17)3-2-4-13(11)18/h2-4,14,22H,5-10H2,1H3,(H,19,24)/t14-/m0/s1. The zero-order valence-corrected chi connectivity index (χ0v) is 14.2. The number of hydrogen-bond donors (Lipinski definition) is 2. The molecule has 1 heterocycles. The van der Waals surface area contributed by atoms with Crippen LogP contribution in [-0.2, 0) is 16.1 Å². The van der Waals surface area contributed by atoms with Crippen LogP contribution in [0.1, 0.15) is 12.0 Å². The summed E-state index contributed by atoms with van der Waals surface area (Å²) in [6, 6.07) is 3.75. The van der Waals surface area contributed by atoms with E-state index in [0.717, 1.165) is 0 Å². The van der Waals surface area contributed by atoms with Crippen molar-refractivity contribution in [1.29, 1.82) is 0 Å². The second-order valence-corrected chi connectivity index (χ2v) is 6.13. The minimum absolute atomic E-state index is 0.0333. The number of amides is 2. The summed E-state index contributed by atoms with van der Waals surface area (Å²) in [7, 11) is 1.57. The molecule has 6 nitrogen and oxygen atoms in total. The zero-order chi connectivity index (χ0) is 17.7. The van der Waals surface area contributed by atoms with Crippen LogP contribution in [0.5, 0.6) is 0 Å². The van der Waals surface area contributed by atoms with Crippen molar-refractivity contribution in [1.82, 2.24) is 15.1 Å². The Morgan fingerprint density at radius 3 is 2.96 bits per heavy atom. The van der Waals surface area contributed by atoms with Gasteiger partial charge in [-0.15, -0.1) is 0 Å². The molecule has 1 aliphatic rings. The predicted octanol–water partition coefficient (Wildman–Crippen LogP) is 0.620. The quantitative estimate of drug-likeness (QED) is 0.783. The van der Waals surface area contributed by atoms with Gasteiger partial charge in [-0.1, -0.05) is 17.7 Å². The Labute approximate surface area is 145 Å². The van der Waals surface area contributed by atoms with Crippen LogP contribution in [0.2, 0.25) is 5.02 Å². The van der Waals surface area contributed by atoms with E-state index in [2.05, 4.69) is 5.32 Å². The van der Waals surface area contributed by atoms with Gasteiger partial charge in [-0.25, -0.2) is 4.39 Å². The summed E-state index contributed by atoms with van der Waals surface area (Å²) in [4.78, 5) is 27.5. The molecule has 1 atom stereocenters. The lowest BCUT2D eigenvalue weighted by molar-refractivity contribution is -0.138. The van der Waals surface area contributed by atoms with Crippen molar-refractivity contribution in [2.45, 2.75) is 19.0 Å². The number of nitrogens with one attached hydrogen (secondary N) is 1. The van der Waals surface area contributed by atoms with Crippen molar-refractivity contribution >= 4 is 23.4 Å². The lowest BCUT2D eigenvalue weighted by Gasteiger charge is -2.35. The number of rotatable bonds is 6. The van der Waals surface area contributed by atoms with Gasteiger partial charge in [0.05, 0.1) is 19.1 Å². The molecule has 1 aromatic rings. The minimum Gasteiger partial charge on any atom is -0.395 e. The summed E-state index contributed by atoms with van der Waals surface area (Å²) in [5, 5.41) is 11.9. The average Bonchev–Trinajstić information content (AvgIpc) is 2.54. The molecule has 0 aliphatic carbocycles. The first-order chi connectivity index (χ1) is 11.4. The van der Waals surface area contributed by atoms with E-state index in [1.54, 1.807) is 18.0 Å². The summed E-state index contributed by atoms with van der Waals surface area (Å²) >= 11 is 6.06. The van der Waals surface area contributed by atoms with Crippen LogP contribution in [0.3, 0.4) is 0 Å². The maximum Gasteiger partial charge on any atom is 0.237 e. The smallest absolute Gasteiger partial charge is 0.237 e. The fourth-order valence-corrected chi connectivity index (χ4v) is 2.88. The minimum atomic E-state index is -0.692. The van der Waals surface area contributed by atoms with Crippen LogP contribution >= 0.6 is 11.6 Å². The fourth-order valence-electron chi connectivity index (χ4n) is 2.66. The van der Waals surface area contributed by atoms with Gasteiger partial charge in [-0.3, -0.25) is 14.5 Å². The van der Waals surface area contributed by atoms with Crippen molar-refractivity contribution in [2.24, 2.45) is 0 Å². The third kappa shape index (κ3) is 4.43. The highest BCUT2D eigenvalue weighted by molar-refractivity contribution is 6.31. The van der Waals surface area contributed by atoms with Crippen molar-refractivity contribution in [2.75, 3.05) is 33.3 Å². The van der Waals surface area contributed by atoms with Gasteiger partial charge in [0, 0.05) is 43.8 Å². The van der Waals surface area contributed by atoms with E-state index in [9.17, 15) is 14.0 Å². The predicted molar refractivity (Wildman–Crippen MR) is 88.0 cm³/mol. The molecular weight excluding hydrogens is 337 g/mol. The number of benzene rings is 1. The molecule has 0 spiro atoms. The topological polar surface area (TPSA) is 72.9 Å². The molecule has 132 valence electrons.